The summed E-state index contributed by atoms with van der Waals surface area (Å²) in [5.41, 5.74) is 12.0. The molecule has 7 heteroatoms. The fraction of sp³-hybridized carbons (Fsp3) is 0.211. The molecule has 1 unspecified atom stereocenters. The highest BCUT2D eigenvalue weighted by atomic mass is 32.2. The molecule has 0 saturated heterocycles. The van der Waals surface area contributed by atoms with Crippen LogP contribution in [-0.2, 0) is 16.3 Å². The zero-order valence-corrected chi connectivity index (χ0v) is 15.9. The number of hydrogen-bond acceptors (Lipinski definition) is 6. The van der Waals surface area contributed by atoms with E-state index in [1.807, 2.05) is 41.9 Å². The zero-order valence-electron chi connectivity index (χ0n) is 14.3. The van der Waals surface area contributed by atoms with Crippen molar-refractivity contribution in [3.8, 4) is 0 Å². The van der Waals surface area contributed by atoms with Crippen molar-refractivity contribution in [1.82, 2.24) is 4.98 Å². The summed E-state index contributed by atoms with van der Waals surface area (Å²) in [7, 11) is -3.21. The monoisotopic (exact) mass is 385 g/mol. The molecule has 1 aliphatic heterocycles. The summed E-state index contributed by atoms with van der Waals surface area (Å²) in [5, 5.41) is 0. The zero-order chi connectivity index (χ0) is 18.3. The minimum Gasteiger partial charge on any atom is -0.398 e. The van der Waals surface area contributed by atoms with E-state index in [1.165, 1.54) is 11.1 Å². The van der Waals surface area contributed by atoms with Crippen LogP contribution in [0.5, 0.6) is 0 Å². The lowest BCUT2D eigenvalue weighted by Gasteiger charge is -2.37. The Bertz CT molecular complexity index is 1040. The van der Waals surface area contributed by atoms with Gasteiger partial charge >= 0.3 is 0 Å². The van der Waals surface area contributed by atoms with Gasteiger partial charge in [-0.25, -0.2) is 13.4 Å². The van der Waals surface area contributed by atoms with Crippen molar-refractivity contribution in [3.05, 3.63) is 70.2 Å². The number of nitrogens with zero attached hydrogens (tertiary/aromatic N) is 2. The molecule has 0 spiro atoms. The molecule has 0 fully saturated rings. The van der Waals surface area contributed by atoms with Gasteiger partial charge in [-0.2, -0.15) is 0 Å². The first-order valence-electron chi connectivity index (χ1n) is 8.28. The molecular weight excluding hydrogens is 366 g/mol. The molecule has 1 aromatic heterocycles. The lowest BCUT2D eigenvalue weighted by Crippen LogP contribution is -2.36. The van der Waals surface area contributed by atoms with Gasteiger partial charge in [0.15, 0.2) is 9.84 Å². The number of para-hydroxylation sites is 1. The molecule has 1 aliphatic rings. The molecule has 0 bridgehead atoms. The smallest absolute Gasteiger partial charge is 0.175 e. The van der Waals surface area contributed by atoms with Crippen molar-refractivity contribution in [2.75, 3.05) is 23.4 Å². The average Bonchev–Trinajstić information content (AvgIpc) is 3.10. The Morgan fingerprint density at radius 3 is 2.58 bits per heavy atom. The van der Waals surface area contributed by atoms with Gasteiger partial charge in [-0.1, -0.05) is 18.2 Å². The minimum atomic E-state index is -3.21. The Labute approximate surface area is 157 Å². The third-order valence-electron chi connectivity index (χ3n) is 4.71. The summed E-state index contributed by atoms with van der Waals surface area (Å²) in [6, 6.07) is 14.9. The van der Waals surface area contributed by atoms with Crippen LogP contribution in [0.1, 0.15) is 22.2 Å². The Kier molecular flexibility index (Phi) is 4.20. The van der Waals surface area contributed by atoms with Gasteiger partial charge < -0.3 is 10.6 Å². The number of thiazole rings is 1. The molecular formula is C19H19N3O2S2. The molecule has 0 radical (unpaired) electrons. The molecule has 0 saturated carbocycles. The summed E-state index contributed by atoms with van der Waals surface area (Å²) < 4.78 is 23.5. The van der Waals surface area contributed by atoms with Crippen LogP contribution in [-0.4, -0.2) is 26.2 Å². The van der Waals surface area contributed by atoms with Crippen LogP contribution in [0.3, 0.4) is 0 Å². The topological polar surface area (TPSA) is 76.3 Å². The molecule has 0 amide bonds. The van der Waals surface area contributed by atoms with Crippen molar-refractivity contribution in [3.63, 3.8) is 0 Å². The molecule has 3 aromatic rings. The van der Waals surface area contributed by atoms with Crippen LogP contribution in [0.15, 0.2) is 58.9 Å². The van der Waals surface area contributed by atoms with E-state index < -0.39 is 9.84 Å². The Balaban J connectivity index is 1.81. The van der Waals surface area contributed by atoms with Crippen LogP contribution in [0.4, 0.5) is 11.4 Å². The van der Waals surface area contributed by atoms with E-state index in [0.717, 1.165) is 35.6 Å². The third-order valence-corrected chi connectivity index (χ3v) is 6.76. The Hall–Kier alpha value is -2.38. The van der Waals surface area contributed by atoms with E-state index in [9.17, 15) is 8.42 Å². The van der Waals surface area contributed by atoms with Crippen LogP contribution >= 0.6 is 11.3 Å². The maximum absolute atomic E-state index is 11.7. The fourth-order valence-corrected chi connectivity index (χ4v) is 5.02. The average molecular weight is 386 g/mol. The maximum Gasteiger partial charge on any atom is 0.175 e. The molecule has 26 heavy (non-hydrogen) atoms. The maximum atomic E-state index is 11.7. The van der Waals surface area contributed by atoms with E-state index >= 15 is 0 Å². The van der Waals surface area contributed by atoms with Gasteiger partial charge in [0, 0.05) is 36.2 Å². The normalized spacial score (nSPS) is 17.1. The van der Waals surface area contributed by atoms with Crippen LogP contribution in [0.2, 0.25) is 0 Å². The number of rotatable bonds is 3. The Morgan fingerprint density at radius 1 is 1.15 bits per heavy atom. The first-order chi connectivity index (χ1) is 12.4. The summed E-state index contributed by atoms with van der Waals surface area (Å²) in [6.07, 6.45) is 2.08. The van der Waals surface area contributed by atoms with Crippen molar-refractivity contribution >= 4 is 32.5 Å². The molecule has 2 heterocycles. The molecule has 2 aromatic carbocycles. The number of aromatic nitrogens is 1. The first kappa shape index (κ1) is 17.1. The van der Waals surface area contributed by atoms with E-state index in [2.05, 4.69) is 9.88 Å². The lowest BCUT2D eigenvalue weighted by atomic mass is 9.95. The van der Waals surface area contributed by atoms with Gasteiger partial charge in [-0.15, -0.1) is 11.3 Å². The van der Waals surface area contributed by atoms with Crippen molar-refractivity contribution in [2.45, 2.75) is 17.4 Å². The van der Waals surface area contributed by atoms with Crippen LogP contribution < -0.4 is 10.6 Å². The fourth-order valence-electron chi connectivity index (χ4n) is 3.42. The summed E-state index contributed by atoms with van der Waals surface area (Å²) in [5.74, 6) is 0. The summed E-state index contributed by atoms with van der Waals surface area (Å²) >= 11 is 1.64. The van der Waals surface area contributed by atoms with Crippen LogP contribution in [0.25, 0.3) is 0 Å². The third kappa shape index (κ3) is 2.97. The van der Waals surface area contributed by atoms with Crippen LogP contribution in [0, 0.1) is 0 Å². The molecule has 5 nitrogen and oxygen atoms in total. The highest BCUT2D eigenvalue weighted by Crippen LogP contribution is 2.41. The van der Waals surface area contributed by atoms with Crippen molar-refractivity contribution < 1.29 is 8.42 Å². The molecule has 134 valence electrons. The highest BCUT2D eigenvalue weighted by molar-refractivity contribution is 7.90. The lowest BCUT2D eigenvalue weighted by molar-refractivity contribution is 0.602. The molecule has 0 aliphatic carbocycles. The number of fused-ring (bicyclic) bond motifs is 1. The summed E-state index contributed by atoms with van der Waals surface area (Å²) in [6.45, 7) is 0.800. The number of sulfone groups is 1. The van der Waals surface area contributed by atoms with E-state index in [4.69, 9.17) is 5.73 Å². The van der Waals surface area contributed by atoms with Gasteiger partial charge in [0.2, 0.25) is 0 Å². The first-order valence-corrected chi connectivity index (χ1v) is 11.1. The standard InChI is InChI=1S/C19H19N3O2S2/c1-26(23,24)14-8-6-13(7-9-14)22-11-10-17-19(25-12-21-17)18(22)15-4-2-3-5-16(15)20/h2-9,12,18H,10-11,20H2,1H3. The van der Waals surface area contributed by atoms with Crippen molar-refractivity contribution in [1.29, 1.82) is 0 Å². The van der Waals surface area contributed by atoms with Gasteiger partial charge in [-0.05, 0) is 30.3 Å². The highest BCUT2D eigenvalue weighted by Gasteiger charge is 2.32. The predicted octanol–water partition coefficient (Wildman–Crippen LogP) is 3.28. The number of benzene rings is 2. The van der Waals surface area contributed by atoms with Gasteiger partial charge in [-0.3, -0.25) is 0 Å². The largest absolute Gasteiger partial charge is 0.398 e. The minimum absolute atomic E-state index is 0.0171. The Morgan fingerprint density at radius 2 is 1.88 bits per heavy atom. The number of anilines is 2. The van der Waals surface area contributed by atoms with E-state index in [0.29, 0.717) is 4.90 Å². The van der Waals surface area contributed by atoms with Gasteiger partial charge in [0.25, 0.3) is 0 Å². The number of hydrogen-bond donors (Lipinski definition) is 1. The molecule has 4 rings (SSSR count). The van der Waals surface area contributed by atoms with Gasteiger partial charge in [0.05, 0.1) is 27.0 Å². The second-order valence-electron chi connectivity index (χ2n) is 6.40. The second-order valence-corrected chi connectivity index (χ2v) is 9.31. The van der Waals surface area contributed by atoms with E-state index in [-0.39, 0.29) is 6.04 Å². The quantitative estimate of drug-likeness (QED) is 0.700. The number of nitrogen functional groups attached to an aromatic ring is 1. The molecule has 1 atom stereocenters. The van der Waals surface area contributed by atoms with E-state index in [1.54, 1.807) is 23.5 Å². The second kappa shape index (κ2) is 6.41. The van der Waals surface area contributed by atoms with Gasteiger partial charge in [0.1, 0.15) is 0 Å². The molecule has 2 N–H and O–H groups in total. The SMILES string of the molecule is CS(=O)(=O)c1ccc(N2CCc3ncsc3C2c2ccccc2N)cc1. The summed E-state index contributed by atoms with van der Waals surface area (Å²) in [4.78, 5) is 8.31. The number of nitrogens with two attached hydrogens (primary N) is 1. The van der Waals surface area contributed by atoms with Crippen molar-refractivity contribution in [2.24, 2.45) is 0 Å². The predicted molar refractivity (Wildman–Crippen MR) is 105 cm³/mol.